The third-order valence-corrected chi connectivity index (χ3v) is 8.56. The van der Waals surface area contributed by atoms with E-state index in [0.29, 0.717) is 0 Å². The number of nitrogens with zero attached hydrogens (tertiary/aromatic N) is 3. The molecule has 0 aliphatic heterocycles. The summed E-state index contributed by atoms with van der Waals surface area (Å²) in [6.45, 7) is 0. The maximum atomic E-state index is 4.30. The molecule has 3 nitrogen and oxygen atoms in total. The van der Waals surface area contributed by atoms with Gasteiger partial charge in [-0.2, -0.15) is 0 Å². The molecule has 6 aromatic carbocycles. The van der Waals surface area contributed by atoms with Gasteiger partial charge in [0.1, 0.15) is 0 Å². The predicted molar refractivity (Wildman–Crippen MR) is 176 cm³/mol. The molecule has 0 aliphatic rings. The van der Waals surface area contributed by atoms with Gasteiger partial charge in [0, 0.05) is 45.3 Å². The van der Waals surface area contributed by atoms with Gasteiger partial charge in [-0.1, -0.05) is 72.8 Å². The second-order valence-electron chi connectivity index (χ2n) is 10.9. The van der Waals surface area contributed by atoms with E-state index in [1.807, 2.05) is 18.5 Å². The average Bonchev–Trinajstić information content (AvgIpc) is 3.55. The van der Waals surface area contributed by atoms with Gasteiger partial charge in [-0.3, -0.25) is 4.98 Å². The maximum Gasteiger partial charge on any atom is 0.0547 e. The van der Waals surface area contributed by atoms with Crippen LogP contribution in [0.2, 0.25) is 0 Å². The van der Waals surface area contributed by atoms with Gasteiger partial charge < -0.3 is 9.13 Å². The molecule has 3 heterocycles. The summed E-state index contributed by atoms with van der Waals surface area (Å²) in [6, 6.07) is 50.5. The van der Waals surface area contributed by atoms with E-state index in [4.69, 9.17) is 0 Å². The van der Waals surface area contributed by atoms with Crippen LogP contribution in [0.15, 0.2) is 152 Å². The molecule has 0 aliphatic carbocycles. The number of hydrogen-bond donors (Lipinski definition) is 0. The minimum atomic E-state index is 1.12. The number of aromatic nitrogens is 3. The van der Waals surface area contributed by atoms with Crippen molar-refractivity contribution in [1.29, 1.82) is 0 Å². The van der Waals surface area contributed by atoms with Gasteiger partial charge in [0.05, 0.1) is 22.1 Å². The number of hydrogen-bond acceptors (Lipinski definition) is 1. The first-order valence-electron chi connectivity index (χ1n) is 14.3. The van der Waals surface area contributed by atoms with Gasteiger partial charge >= 0.3 is 0 Å². The normalized spacial score (nSPS) is 11.8. The third-order valence-electron chi connectivity index (χ3n) is 8.56. The fraction of sp³-hybridized carbons (Fsp3) is 0. The highest BCUT2D eigenvalue weighted by Crippen LogP contribution is 2.39. The van der Waals surface area contributed by atoms with Crippen LogP contribution in [0.5, 0.6) is 0 Å². The molecule has 0 atom stereocenters. The molecule has 0 N–H and O–H groups in total. The summed E-state index contributed by atoms with van der Waals surface area (Å²) in [5.41, 5.74) is 9.48. The Morgan fingerprint density at radius 3 is 1.50 bits per heavy atom. The van der Waals surface area contributed by atoms with E-state index in [0.717, 1.165) is 16.8 Å². The highest BCUT2D eigenvalue weighted by Gasteiger charge is 2.16. The quantitative estimate of drug-likeness (QED) is 0.221. The molecule has 0 fully saturated rings. The Kier molecular flexibility index (Phi) is 4.90. The van der Waals surface area contributed by atoms with E-state index in [9.17, 15) is 0 Å². The van der Waals surface area contributed by atoms with Crippen LogP contribution in [0.4, 0.5) is 0 Å². The molecule has 0 spiro atoms. The minimum absolute atomic E-state index is 1.12. The molecule has 42 heavy (non-hydrogen) atoms. The number of pyridine rings is 1. The van der Waals surface area contributed by atoms with Crippen LogP contribution in [-0.4, -0.2) is 14.1 Å². The molecule has 9 rings (SSSR count). The Morgan fingerprint density at radius 2 is 0.929 bits per heavy atom. The van der Waals surface area contributed by atoms with Crippen molar-refractivity contribution in [3.8, 4) is 22.5 Å². The third kappa shape index (κ3) is 3.37. The van der Waals surface area contributed by atoms with Crippen LogP contribution < -0.4 is 0 Å². The van der Waals surface area contributed by atoms with Crippen molar-refractivity contribution in [2.75, 3.05) is 0 Å². The summed E-state index contributed by atoms with van der Waals surface area (Å²) in [5, 5.41) is 7.53. The summed E-state index contributed by atoms with van der Waals surface area (Å²) in [7, 11) is 0. The van der Waals surface area contributed by atoms with Gasteiger partial charge in [0.15, 0.2) is 0 Å². The van der Waals surface area contributed by atoms with Crippen LogP contribution in [0.3, 0.4) is 0 Å². The lowest BCUT2D eigenvalue weighted by molar-refractivity contribution is 1.18. The number of rotatable bonds is 3. The first kappa shape index (κ1) is 23.1. The fourth-order valence-electron chi connectivity index (χ4n) is 6.65. The zero-order chi connectivity index (χ0) is 27.6. The number of fused-ring (bicyclic) bond motifs is 7. The van der Waals surface area contributed by atoms with Crippen LogP contribution in [0.25, 0.3) is 76.9 Å². The van der Waals surface area contributed by atoms with E-state index in [1.165, 1.54) is 60.1 Å². The highest BCUT2D eigenvalue weighted by atomic mass is 15.0. The first-order chi connectivity index (χ1) is 20.8. The standard InChI is InChI=1S/C39H25N3/c1-2-10-30(11-3-1)41-36-14-6-4-12-32(36)34-21-29-24-39-35(22-28(29)23-38(34)41)33-13-5-7-15-37(33)42(39)31-18-16-26(17-19-31)27-9-8-20-40-25-27/h1-25H. The Balaban J connectivity index is 1.32. The van der Waals surface area contributed by atoms with Crippen molar-refractivity contribution in [2.24, 2.45) is 0 Å². The molecule has 3 aromatic heterocycles. The lowest BCUT2D eigenvalue weighted by atomic mass is 10.0. The van der Waals surface area contributed by atoms with E-state index >= 15 is 0 Å². The summed E-state index contributed by atoms with van der Waals surface area (Å²) < 4.78 is 4.79. The topological polar surface area (TPSA) is 22.8 Å². The Labute approximate surface area is 242 Å². The molecule has 3 heteroatoms. The monoisotopic (exact) mass is 535 g/mol. The maximum absolute atomic E-state index is 4.30. The lowest BCUT2D eigenvalue weighted by Gasteiger charge is -2.10. The SMILES string of the molecule is c1ccc(-n2c3ccccc3c3cc4cc5c(cc4cc32)c2ccccc2n5-c2ccc(-c3cccnc3)cc2)cc1. The van der Waals surface area contributed by atoms with E-state index in [1.54, 1.807) is 0 Å². The van der Waals surface area contributed by atoms with Crippen LogP contribution in [0.1, 0.15) is 0 Å². The largest absolute Gasteiger partial charge is 0.309 e. The van der Waals surface area contributed by atoms with Gasteiger partial charge in [-0.25, -0.2) is 0 Å². The minimum Gasteiger partial charge on any atom is -0.309 e. The zero-order valence-electron chi connectivity index (χ0n) is 22.8. The Hall–Kier alpha value is -5.67. The molecular weight excluding hydrogens is 510 g/mol. The predicted octanol–water partition coefficient (Wildman–Crippen LogP) is 10.1. The summed E-state index contributed by atoms with van der Waals surface area (Å²) >= 11 is 0. The molecule has 0 amide bonds. The van der Waals surface area contributed by atoms with E-state index in [-0.39, 0.29) is 0 Å². The molecule has 0 saturated heterocycles. The molecule has 0 bridgehead atoms. The molecule has 0 unspecified atom stereocenters. The van der Waals surface area contributed by atoms with Crippen LogP contribution in [0, 0.1) is 0 Å². The van der Waals surface area contributed by atoms with Gasteiger partial charge in [-0.15, -0.1) is 0 Å². The molecule has 196 valence electrons. The van der Waals surface area contributed by atoms with Crippen LogP contribution in [-0.2, 0) is 0 Å². The van der Waals surface area contributed by atoms with Crippen molar-refractivity contribution in [3.05, 3.63) is 152 Å². The summed E-state index contributed by atoms with van der Waals surface area (Å²) in [5.74, 6) is 0. The average molecular weight is 536 g/mol. The second kappa shape index (κ2) is 8.92. The second-order valence-corrected chi connectivity index (χ2v) is 10.9. The van der Waals surface area contributed by atoms with Crippen molar-refractivity contribution < 1.29 is 0 Å². The first-order valence-corrected chi connectivity index (χ1v) is 14.3. The van der Waals surface area contributed by atoms with Crippen molar-refractivity contribution >= 4 is 54.4 Å². The Morgan fingerprint density at radius 1 is 0.381 bits per heavy atom. The van der Waals surface area contributed by atoms with Gasteiger partial charge in [0.2, 0.25) is 0 Å². The number of benzene rings is 6. The summed E-state index contributed by atoms with van der Waals surface area (Å²) in [6.07, 6.45) is 3.73. The van der Waals surface area contributed by atoms with E-state index in [2.05, 4.69) is 148 Å². The van der Waals surface area contributed by atoms with Crippen molar-refractivity contribution in [2.45, 2.75) is 0 Å². The molecule has 0 saturated carbocycles. The molecular formula is C39H25N3. The lowest BCUT2D eigenvalue weighted by Crippen LogP contribution is -1.94. The van der Waals surface area contributed by atoms with Crippen LogP contribution >= 0.6 is 0 Å². The van der Waals surface area contributed by atoms with E-state index < -0.39 is 0 Å². The van der Waals surface area contributed by atoms with Gasteiger partial charge in [0.25, 0.3) is 0 Å². The zero-order valence-corrected chi connectivity index (χ0v) is 22.8. The highest BCUT2D eigenvalue weighted by molar-refractivity contribution is 6.18. The Bertz CT molecular complexity index is 2430. The van der Waals surface area contributed by atoms with Crippen molar-refractivity contribution in [1.82, 2.24) is 14.1 Å². The smallest absolute Gasteiger partial charge is 0.0547 e. The molecule has 9 aromatic rings. The van der Waals surface area contributed by atoms with Crippen molar-refractivity contribution in [3.63, 3.8) is 0 Å². The summed E-state index contributed by atoms with van der Waals surface area (Å²) in [4.78, 5) is 4.30. The number of para-hydroxylation sites is 3. The van der Waals surface area contributed by atoms with Gasteiger partial charge in [-0.05, 0) is 88.6 Å². The fourth-order valence-corrected chi connectivity index (χ4v) is 6.65. The molecule has 0 radical (unpaired) electrons.